The van der Waals surface area contributed by atoms with Crippen LogP contribution in [0.3, 0.4) is 0 Å². The van der Waals surface area contributed by atoms with Gasteiger partial charge in [-0.2, -0.15) is 0 Å². The van der Waals surface area contributed by atoms with Crippen molar-refractivity contribution in [1.82, 2.24) is 0 Å². The van der Waals surface area contributed by atoms with Crippen LogP contribution in [0, 0.1) is 19.7 Å². The summed E-state index contributed by atoms with van der Waals surface area (Å²) in [5.41, 5.74) is 4.19. The molecule has 0 aliphatic heterocycles. The maximum absolute atomic E-state index is 14.5. The third-order valence-corrected chi connectivity index (χ3v) is 6.51. The van der Waals surface area contributed by atoms with E-state index in [4.69, 9.17) is 0 Å². The molecule has 0 saturated heterocycles. The molecule has 1 aromatic carbocycles. The molecule has 0 bridgehead atoms. The molecule has 22 heavy (non-hydrogen) atoms. The van der Waals surface area contributed by atoms with Crippen molar-refractivity contribution in [1.29, 1.82) is 0 Å². The molecular weight excluding hydrogens is 359 g/mol. The number of thiophene rings is 1. The molecule has 1 aromatic heterocycles. The third kappa shape index (κ3) is 3.11. The number of benzene rings is 1. The minimum atomic E-state index is -0.108. The number of allylic oxidation sites excluding steroid dienone is 4. The van der Waals surface area contributed by atoms with E-state index in [0.29, 0.717) is 6.42 Å². The van der Waals surface area contributed by atoms with Gasteiger partial charge in [0.15, 0.2) is 0 Å². The van der Waals surface area contributed by atoms with Crippen LogP contribution >= 0.6 is 27.3 Å². The van der Waals surface area contributed by atoms with Crippen LogP contribution in [-0.2, 0) is 6.42 Å². The first-order valence-corrected chi connectivity index (χ1v) is 9.06. The second kappa shape index (κ2) is 6.51. The molecule has 0 radical (unpaired) electrons. The van der Waals surface area contributed by atoms with Crippen molar-refractivity contribution in [3.63, 3.8) is 0 Å². The molecule has 1 aliphatic rings. The van der Waals surface area contributed by atoms with E-state index in [0.717, 1.165) is 28.4 Å². The minimum Gasteiger partial charge on any atom is -0.207 e. The van der Waals surface area contributed by atoms with E-state index in [1.807, 2.05) is 12.1 Å². The van der Waals surface area contributed by atoms with Gasteiger partial charge in [-0.1, -0.05) is 30.4 Å². The van der Waals surface area contributed by atoms with E-state index >= 15 is 0 Å². The standard InChI is InChI=1S/C19H18BrFS/c1-12-17(19(20)13(2)22-12)10-16-9-8-15(11-18(16)21)14-6-4-3-5-7-14/h3-4,6,8-9,11H,5,7,10H2,1-2H3. The summed E-state index contributed by atoms with van der Waals surface area (Å²) in [4.78, 5) is 2.51. The summed E-state index contributed by atoms with van der Waals surface area (Å²) >= 11 is 5.39. The quantitative estimate of drug-likeness (QED) is 0.566. The lowest BCUT2D eigenvalue weighted by atomic mass is 9.95. The van der Waals surface area contributed by atoms with Gasteiger partial charge in [0, 0.05) is 20.6 Å². The Hall–Kier alpha value is -1.19. The van der Waals surface area contributed by atoms with Gasteiger partial charge < -0.3 is 0 Å². The number of rotatable bonds is 3. The van der Waals surface area contributed by atoms with Crippen LogP contribution < -0.4 is 0 Å². The number of halogens is 2. The maximum Gasteiger partial charge on any atom is 0.127 e. The second-order valence-electron chi connectivity index (χ2n) is 5.65. The highest BCUT2D eigenvalue weighted by Crippen LogP contribution is 2.34. The molecule has 0 nitrogen and oxygen atoms in total. The molecule has 114 valence electrons. The first-order chi connectivity index (χ1) is 10.6. The van der Waals surface area contributed by atoms with Gasteiger partial charge in [-0.25, -0.2) is 4.39 Å². The van der Waals surface area contributed by atoms with E-state index < -0.39 is 0 Å². The van der Waals surface area contributed by atoms with Crippen molar-refractivity contribution in [3.8, 4) is 0 Å². The molecule has 0 unspecified atom stereocenters. The van der Waals surface area contributed by atoms with Gasteiger partial charge in [0.25, 0.3) is 0 Å². The Labute approximate surface area is 143 Å². The fourth-order valence-corrected chi connectivity index (χ4v) is 4.61. The van der Waals surface area contributed by atoms with Crippen LogP contribution in [0.4, 0.5) is 4.39 Å². The first-order valence-electron chi connectivity index (χ1n) is 7.45. The fourth-order valence-electron chi connectivity index (χ4n) is 2.83. The summed E-state index contributed by atoms with van der Waals surface area (Å²) in [6.45, 7) is 4.19. The van der Waals surface area contributed by atoms with E-state index in [9.17, 15) is 4.39 Å². The summed E-state index contributed by atoms with van der Waals surface area (Å²) < 4.78 is 15.6. The second-order valence-corrected chi connectivity index (χ2v) is 7.87. The molecule has 0 spiro atoms. The van der Waals surface area contributed by atoms with Crippen LogP contribution in [0.5, 0.6) is 0 Å². The molecule has 0 N–H and O–H groups in total. The lowest BCUT2D eigenvalue weighted by molar-refractivity contribution is 0.613. The zero-order valence-electron chi connectivity index (χ0n) is 12.7. The lowest BCUT2D eigenvalue weighted by Crippen LogP contribution is -1.96. The van der Waals surface area contributed by atoms with Crippen LogP contribution in [-0.4, -0.2) is 0 Å². The monoisotopic (exact) mass is 376 g/mol. The van der Waals surface area contributed by atoms with Gasteiger partial charge in [-0.3, -0.25) is 0 Å². The van der Waals surface area contributed by atoms with Crippen molar-refractivity contribution in [2.45, 2.75) is 33.1 Å². The zero-order valence-corrected chi connectivity index (χ0v) is 15.2. The first kappa shape index (κ1) is 15.7. The Kier molecular flexibility index (Phi) is 4.65. The van der Waals surface area contributed by atoms with Crippen LogP contribution in [0.1, 0.15) is 39.3 Å². The highest BCUT2D eigenvalue weighted by Gasteiger charge is 2.14. The highest BCUT2D eigenvalue weighted by molar-refractivity contribution is 9.10. The SMILES string of the molecule is Cc1sc(C)c(Cc2ccc(C3=CC=CCC3)cc2F)c1Br. The summed E-state index contributed by atoms with van der Waals surface area (Å²) in [6, 6.07) is 5.66. The molecule has 0 amide bonds. The molecule has 0 saturated carbocycles. The Morgan fingerprint density at radius 2 is 2.05 bits per heavy atom. The Bertz CT molecular complexity index is 768. The summed E-state index contributed by atoms with van der Waals surface area (Å²) in [5.74, 6) is -0.108. The summed E-state index contributed by atoms with van der Waals surface area (Å²) in [7, 11) is 0. The smallest absolute Gasteiger partial charge is 0.127 e. The van der Waals surface area contributed by atoms with Gasteiger partial charge in [-0.05, 0) is 70.9 Å². The van der Waals surface area contributed by atoms with Crippen molar-refractivity contribution in [3.05, 3.63) is 73.2 Å². The van der Waals surface area contributed by atoms with Gasteiger partial charge in [0.2, 0.25) is 0 Å². The third-order valence-electron chi connectivity index (χ3n) is 4.11. The van der Waals surface area contributed by atoms with E-state index in [1.54, 1.807) is 17.4 Å². The number of hydrogen-bond donors (Lipinski definition) is 0. The molecule has 3 heteroatoms. The molecule has 1 aliphatic carbocycles. The van der Waals surface area contributed by atoms with Crippen molar-refractivity contribution >= 4 is 32.8 Å². The molecule has 3 rings (SSSR count). The van der Waals surface area contributed by atoms with Crippen LogP contribution in [0.25, 0.3) is 5.57 Å². The molecule has 1 heterocycles. The Balaban J connectivity index is 1.89. The largest absolute Gasteiger partial charge is 0.207 e. The van der Waals surface area contributed by atoms with Crippen molar-refractivity contribution in [2.75, 3.05) is 0 Å². The Morgan fingerprint density at radius 1 is 1.23 bits per heavy atom. The van der Waals surface area contributed by atoms with Crippen LogP contribution in [0.2, 0.25) is 0 Å². The van der Waals surface area contributed by atoms with Gasteiger partial charge >= 0.3 is 0 Å². The molecular formula is C19H18BrFS. The fraction of sp³-hybridized carbons (Fsp3) is 0.263. The average Bonchev–Trinajstić information content (AvgIpc) is 2.76. The van der Waals surface area contributed by atoms with Gasteiger partial charge in [0.05, 0.1) is 0 Å². The van der Waals surface area contributed by atoms with Gasteiger partial charge in [0.1, 0.15) is 5.82 Å². The summed E-state index contributed by atoms with van der Waals surface area (Å²) in [6.07, 6.45) is 8.95. The van der Waals surface area contributed by atoms with E-state index in [1.165, 1.54) is 20.9 Å². The minimum absolute atomic E-state index is 0.108. The van der Waals surface area contributed by atoms with E-state index in [-0.39, 0.29) is 5.82 Å². The predicted octanol–water partition coefficient (Wildman–Crippen LogP) is 6.59. The van der Waals surface area contributed by atoms with Gasteiger partial charge in [-0.15, -0.1) is 11.3 Å². The number of hydrogen-bond acceptors (Lipinski definition) is 1. The normalized spacial score (nSPS) is 14.3. The van der Waals surface area contributed by atoms with Crippen molar-refractivity contribution in [2.24, 2.45) is 0 Å². The molecule has 0 fully saturated rings. The molecule has 0 atom stereocenters. The predicted molar refractivity (Wildman–Crippen MR) is 97.1 cm³/mol. The Morgan fingerprint density at radius 3 is 2.64 bits per heavy atom. The topological polar surface area (TPSA) is 0 Å². The van der Waals surface area contributed by atoms with Crippen molar-refractivity contribution < 1.29 is 4.39 Å². The lowest BCUT2D eigenvalue weighted by Gasteiger charge is -2.11. The summed E-state index contributed by atoms with van der Waals surface area (Å²) in [5, 5.41) is 0. The highest BCUT2D eigenvalue weighted by atomic mass is 79.9. The van der Waals surface area contributed by atoms with E-state index in [2.05, 4.69) is 48.0 Å². The molecule has 2 aromatic rings. The maximum atomic E-state index is 14.5. The zero-order chi connectivity index (χ0) is 15.7. The number of aryl methyl sites for hydroxylation is 2. The average molecular weight is 377 g/mol. The van der Waals surface area contributed by atoms with Crippen LogP contribution in [0.15, 0.2) is 40.9 Å².